The summed E-state index contributed by atoms with van der Waals surface area (Å²) in [5.41, 5.74) is -0.590. The molecule has 0 unspecified atom stereocenters. The van der Waals surface area contributed by atoms with Gasteiger partial charge in [-0.3, -0.25) is 9.69 Å². The van der Waals surface area contributed by atoms with Crippen molar-refractivity contribution in [2.45, 2.75) is 37.4 Å². The summed E-state index contributed by atoms with van der Waals surface area (Å²) in [6.45, 7) is 6.48. The Labute approximate surface area is 133 Å². The van der Waals surface area contributed by atoms with Gasteiger partial charge in [0.1, 0.15) is 6.10 Å². The van der Waals surface area contributed by atoms with Gasteiger partial charge in [-0.25, -0.2) is 0 Å². The second-order valence-electron chi connectivity index (χ2n) is 7.17. The third-order valence-electron chi connectivity index (χ3n) is 5.15. The molecule has 6 heteroatoms. The molecule has 3 aliphatic rings. The van der Waals surface area contributed by atoms with E-state index in [1.807, 2.05) is 4.90 Å². The zero-order valence-corrected chi connectivity index (χ0v) is 13.7. The highest BCUT2D eigenvalue weighted by Gasteiger charge is 2.36. The van der Waals surface area contributed by atoms with Crippen molar-refractivity contribution < 1.29 is 14.6 Å². The molecule has 3 heterocycles. The summed E-state index contributed by atoms with van der Waals surface area (Å²) >= 11 is 0. The molecule has 2 atom stereocenters. The van der Waals surface area contributed by atoms with Gasteiger partial charge in [0.25, 0.3) is 5.91 Å². The predicted octanol–water partition coefficient (Wildman–Crippen LogP) is -0.234. The largest absolute Gasteiger partial charge is 0.387 e. The molecular formula is C16H29N3O3. The molecular weight excluding hydrogens is 282 g/mol. The number of hydrogen-bond donors (Lipinski definition) is 1. The molecule has 0 aromatic heterocycles. The Kier molecular flexibility index (Phi) is 5.02. The first-order valence-corrected chi connectivity index (χ1v) is 8.59. The molecule has 22 heavy (non-hydrogen) atoms. The highest BCUT2D eigenvalue weighted by molar-refractivity contribution is 5.81. The van der Waals surface area contributed by atoms with Crippen LogP contribution in [-0.4, -0.2) is 96.9 Å². The number of amides is 1. The Morgan fingerprint density at radius 2 is 2.00 bits per heavy atom. The van der Waals surface area contributed by atoms with Crippen molar-refractivity contribution in [3.63, 3.8) is 0 Å². The Balaban J connectivity index is 1.46. The first kappa shape index (κ1) is 16.2. The molecule has 0 aromatic carbocycles. The summed E-state index contributed by atoms with van der Waals surface area (Å²) in [7, 11) is 2.07. The van der Waals surface area contributed by atoms with Crippen molar-refractivity contribution in [2.75, 3.05) is 59.5 Å². The average molecular weight is 311 g/mol. The second-order valence-corrected chi connectivity index (χ2v) is 7.17. The smallest absolute Gasteiger partial charge is 0.251 e. The van der Waals surface area contributed by atoms with Crippen molar-refractivity contribution in [3.8, 4) is 0 Å². The van der Waals surface area contributed by atoms with Gasteiger partial charge in [0, 0.05) is 45.9 Å². The molecule has 0 saturated carbocycles. The molecule has 3 aliphatic heterocycles. The summed E-state index contributed by atoms with van der Waals surface area (Å²) < 4.78 is 5.49. The number of carbonyl (C=O) groups excluding carboxylic acids is 1. The van der Waals surface area contributed by atoms with E-state index in [-0.39, 0.29) is 12.0 Å². The van der Waals surface area contributed by atoms with E-state index in [9.17, 15) is 9.90 Å². The summed E-state index contributed by atoms with van der Waals surface area (Å²) in [6, 6.07) is 0. The second kappa shape index (κ2) is 6.83. The molecule has 3 fully saturated rings. The number of likely N-dealkylation sites (tertiary alicyclic amines) is 1. The third kappa shape index (κ3) is 3.79. The third-order valence-corrected chi connectivity index (χ3v) is 5.15. The van der Waals surface area contributed by atoms with Crippen molar-refractivity contribution >= 4 is 5.91 Å². The number of likely N-dealkylation sites (N-methyl/N-ethyl adjacent to an activating group) is 1. The van der Waals surface area contributed by atoms with Crippen LogP contribution >= 0.6 is 0 Å². The summed E-state index contributed by atoms with van der Waals surface area (Å²) in [4.78, 5) is 18.8. The van der Waals surface area contributed by atoms with Gasteiger partial charge >= 0.3 is 0 Å². The van der Waals surface area contributed by atoms with Crippen LogP contribution in [0.15, 0.2) is 0 Å². The minimum atomic E-state index is -0.590. The molecule has 0 radical (unpaired) electrons. The van der Waals surface area contributed by atoms with E-state index >= 15 is 0 Å². The number of hydrogen-bond acceptors (Lipinski definition) is 5. The van der Waals surface area contributed by atoms with E-state index in [0.717, 1.165) is 78.1 Å². The summed E-state index contributed by atoms with van der Waals surface area (Å²) in [5, 5.41) is 10.8. The minimum absolute atomic E-state index is 0.160. The summed E-state index contributed by atoms with van der Waals surface area (Å²) in [5.74, 6) is 0.160. The predicted molar refractivity (Wildman–Crippen MR) is 83.7 cm³/mol. The molecule has 1 amide bonds. The number of piperidine rings is 1. The van der Waals surface area contributed by atoms with Crippen molar-refractivity contribution in [3.05, 3.63) is 0 Å². The summed E-state index contributed by atoms with van der Waals surface area (Å²) in [6.07, 6.45) is 3.60. The van der Waals surface area contributed by atoms with Gasteiger partial charge in [0.2, 0.25) is 0 Å². The van der Waals surface area contributed by atoms with Crippen LogP contribution in [0, 0.1) is 0 Å². The fourth-order valence-corrected chi connectivity index (χ4v) is 3.99. The number of carbonyl (C=O) groups is 1. The highest BCUT2D eigenvalue weighted by atomic mass is 16.5. The Hall–Kier alpha value is -0.690. The number of ether oxygens (including phenoxy) is 1. The van der Waals surface area contributed by atoms with Crippen LogP contribution in [0.2, 0.25) is 0 Å². The molecule has 0 bridgehead atoms. The standard InChI is InChI=1S/C16H29N3O3/c1-17-6-3-5-16(21,12-17)13-18-7-9-19(10-8-18)15(20)14-4-2-11-22-14/h14,21H,2-13H2,1H3/t14-,16+/m0/s1. The first-order valence-electron chi connectivity index (χ1n) is 8.59. The molecule has 0 aromatic rings. The van der Waals surface area contributed by atoms with E-state index in [0.29, 0.717) is 0 Å². The van der Waals surface area contributed by atoms with Crippen LogP contribution < -0.4 is 0 Å². The van der Waals surface area contributed by atoms with Crippen LogP contribution in [0.1, 0.15) is 25.7 Å². The Bertz CT molecular complexity index is 392. The minimum Gasteiger partial charge on any atom is -0.387 e. The normalized spacial score (nSPS) is 35.0. The van der Waals surface area contributed by atoms with Crippen molar-refractivity contribution in [1.82, 2.24) is 14.7 Å². The lowest BCUT2D eigenvalue weighted by Crippen LogP contribution is -2.58. The maximum Gasteiger partial charge on any atom is 0.251 e. The zero-order chi connectivity index (χ0) is 15.6. The number of β-amino-alcohol motifs (C(OH)–C–C–N with tert-alkyl or cyclic N) is 1. The maximum atomic E-state index is 12.3. The van der Waals surface area contributed by atoms with E-state index in [4.69, 9.17) is 4.74 Å². The highest BCUT2D eigenvalue weighted by Crippen LogP contribution is 2.22. The fraction of sp³-hybridized carbons (Fsp3) is 0.938. The van der Waals surface area contributed by atoms with Gasteiger partial charge in [-0.1, -0.05) is 0 Å². The molecule has 6 nitrogen and oxygen atoms in total. The quantitative estimate of drug-likeness (QED) is 0.780. The SMILES string of the molecule is CN1CCC[C@](O)(CN2CCN(C(=O)[C@@H]3CCCO3)CC2)C1. The van der Waals surface area contributed by atoms with E-state index in [1.54, 1.807) is 0 Å². The molecule has 3 rings (SSSR count). The van der Waals surface area contributed by atoms with E-state index < -0.39 is 5.60 Å². The Morgan fingerprint density at radius 1 is 1.23 bits per heavy atom. The molecule has 1 N–H and O–H groups in total. The van der Waals surface area contributed by atoms with Gasteiger partial charge in [-0.05, 0) is 39.3 Å². The lowest BCUT2D eigenvalue weighted by Gasteiger charge is -2.43. The monoisotopic (exact) mass is 311 g/mol. The van der Waals surface area contributed by atoms with Gasteiger partial charge in [-0.2, -0.15) is 0 Å². The fourth-order valence-electron chi connectivity index (χ4n) is 3.99. The average Bonchev–Trinajstić information content (AvgIpc) is 3.01. The first-order chi connectivity index (χ1) is 10.6. The van der Waals surface area contributed by atoms with Crippen LogP contribution in [0.5, 0.6) is 0 Å². The van der Waals surface area contributed by atoms with E-state index in [2.05, 4.69) is 16.8 Å². The van der Waals surface area contributed by atoms with Crippen molar-refractivity contribution in [1.29, 1.82) is 0 Å². The van der Waals surface area contributed by atoms with Crippen LogP contribution in [0.3, 0.4) is 0 Å². The van der Waals surface area contributed by atoms with Crippen LogP contribution in [0.4, 0.5) is 0 Å². The number of rotatable bonds is 3. The van der Waals surface area contributed by atoms with Crippen molar-refractivity contribution in [2.24, 2.45) is 0 Å². The topological polar surface area (TPSA) is 56.2 Å². The zero-order valence-electron chi connectivity index (χ0n) is 13.7. The maximum absolute atomic E-state index is 12.3. The number of nitrogens with zero attached hydrogens (tertiary/aromatic N) is 3. The molecule has 0 spiro atoms. The van der Waals surface area contributed by atoms with Gasteiger partial charge < -0.3 is 19.6 Å². The molecule has 126 valence electrons. The Morgan fingerprint density at radius 3 is 2.64 bits per heavy atom. The van der Waals surface area contributed by atoms with Crippen LogP contribution in [-0.2, 0) is 9.53 Å². The molecule has 0 aliphatic carbocycles. The van der Waals surface area contributed by atoms with Gasteiger partial charge in [0.05, 0.1) is 5.60 Å². The molecule has 3 saturated heterocycles. The lowest BCUT2D eigenvalue weighted by molar-refractivity contribution is -0.143. The van der Waals surface area contributed by atoms with Gasteiger partial charge in [0.15, 0.2) is 0 Å². The van der Waals surface area contributed by atoms with E-state index in [1.165, 1.54) is 0 Å². The number of piperazine rings is 1. The number of aliphatic hydroxyl groups is 1. The van der Waals surface area contributed by atoms with Crippen LogP contribution in [0.25, 0.3) is 0 Å². The van der Waals surface area contributed by atoms with Gasteiger partial charge in [-0.15, -0.1) is 0 Å². The lowest BCUT2D eigenvalue weighted by atomic mass is 9.92.